The summed E-state index contributed by atoms with van der Waals surface area (Å²) < 4.78 is 38.2. The second kappa shape index (κ2) is 13.0. The summed E-state index contributed by atoms with van der Waals surface area (Å²) in [6.07, 6.45) is 1.78. The lowest BCUT2D eigenvalue weighted by Gasteiger charge is -2.40. The highest BCUT2D eigenvalue weighted by Crippen LogP contribution is 2.48. The number of benzene rings is 4. The van der Waals surface area contributed by atoms with Crippen LogP contribution in [0.15, 0.2) is 72.8 Å². The number of phenolic OH excluding ortho intramolecular Hbond substituents is 1. The minimum absolute atomic E-state index is 0.00985. The average Bonchev–Trinajstić information content (AvgIpc) is 3.48. The lowest BCUT2D eigenvalue weighted by molar-refractivity contribution is 0.0965. The number of carbonyl (C=O) groups is 1. The maximum absolute atomic E-state index is 16.0. The first-order valence-corrected chi connectivity index (χ1v) is 17.5. The number of ether oxygens (including phenoxy) is 1. The predicted molar refractivity (Wildman–Crippen MR) is 187 cm³/mol. The van der Waals surface area contributed by atoms with Crippen LogP contribution in [-0.2, 0) is 6.54 Å². The van der Waals surface area contributed by atoms with Gasteiger partial charge in [0.25, 0.3) is 5.91 Å². The number of nitrogens with one attached hydrogen (secondary N) is 1. The third-order valence-corrected chi connectivity index (χ3v) is 11.0. The Bertz CT molecular complexity index is 1860. The monoisotopic (exact) mass is 664 g/mol. The van der Waals surface area contributed by atoms with Crippen molar-refractivity contribution in [2.24, 2.45) is 5.92 Å². The number of aryl methyl sites for hydroxylation is 1. The fraction of sp³-hybridized carbons (Fsp3) is 0.375. The fourth-order valence-corrected chi connectivity index (χ4v) is 8.37. The number of anilines is 2. The maximum Gasteiger partial charge on any atom is 0.251 e. The molecule has 49 heavy (non-hydrogen) atoms. The van der Waals surface area contributed by atoms with Gasteiger partial charge in [0, 0.05) is 87.1 Å². The van der Waals surface area contributed by atoms with Crippen molar-refractivity contribution in [1.29, 1.82) is 0 Å². The number of rotatable bonds is 6. The number of aromatic hydroxyl groups is 1. The SMILES string of the molecule is Cc1cccc([C@H]2COc3cc(O)ccc3[C@H]2c2cc(F)c(N3CCC(CN4CCN(c5ccc6c(c5)CNC6=O)CC4)CC3)c(F)c2)c1. The number of nitrogens with zero attached hydrogens (tertiary/aromatic N) is 3. The van der Waals surface area contributed by atoms with Crippen molar-refractivity contribution in [3.8, 4) is 11.5 Å². The zero-order chi connectivity index (χ0) is 33.6. The molecule has 2 atom stereocenters. The normalized spacial score (nSPS) is 21.2. The largest absolute Gasteiger partial charge is 0.508 e. The van der Waals surface area contributed by atoms with Gasteiger partial charge in [-0.15, -0.1) is 0 Å². The van der Waals surface area contributed by atoms with E-state index in [2.05, 4.69) is 33.3 Å². The Hall–Kier alpha value is -4.63. The Labute approximate surface area is 286 Å². The molecule has 4 aromatic rings. The zero-order valence-electron chi connectivity index (χ0n) is 27.8. The van der Waals surface area contributed by atoms with E-state index in [0.29, 0.717) is 43.5 Å². The number of carbonyl (C=O) groups excluding carboxylic acids is 1. The summed E-state index contributed by atoms with van der Waals surface area (Å²) in [6, 6.07) is 22.3. The van der Waals surface area contributed by atoms with E-state index in [9.17, 15) is 9.90 Å². The minimum atomic E-state index is -0.536. The molecule has 0 saturated carbocycles. The Morgan fingerprint density at radius 1 is 0.857 bits per heavy atom. The van der Waals surface area contributed by atoms with Crippen LogP contribution in [0.3, 0.4) is 0 Å². The number of halogens is 2. The van der Waals surface area contributed by atoms with E-state index in [1.165, 1.54) is 17.8 Å². The molecule has 0 aliphatic carbocycles. The number of hydrogen-bond donors (Lipinski definition) is 2. The van der Waals surface area contributed by atoms with Crippen LogP contribution in [0.2, 0.25) is 0 Å². The van der Waals surface area contributed by atoms with Gasteiger partial charge < -0.3 is 25.0 Å². The molecule has 2 N–H and O–H groups in total. The van der Waals surface area contributed by atoms with E-state index in [1.807, 2.05) is 36.1 Å². The molecule has 0 bridgehead atoms. The fourth-order valence-electron chi connectivity index (χ4n) is 8.37. The van der Waals surface area contributed by atoms with Gasteiger partial charge >= 0.3 is 0 Å². The molecular weight excluding hydrogens is 622 g/mol. The molecule has 4 aromatic carbocycles. The van der Waals surface area contributed by atoms with Crippen molar-refractivity contribution >= 4 is 17.3 Å². The Balaban J connectivity index is 0.927. The summed E-state index contributed by atoms with van der Waals surface area (Å²) >= 11 is 0. The van der Waals surface area contributed by atoms with E-state index < -0.39 is 11.6 Å². The van der Waals surface area contributed by atoms with Gasteiger partial charge in [-0.3, -0.25) is 9.69 Å². The number of piperazine rings is 1. The van der Waals surface area contributed by atoms with Crippen LogP contribution in [0, 0.1) is 24.5 Å². The molecule has 0 radical (unpaired) electrons. The van der Waals surface area contributed by atoms with Crippen LogP contribution in [0.25, 0.3) is 0 Å². The minimum Gasteiger partial charge on any atom is -0.508 e. The summed E-state index contributed by atoms with van der Waals surface area (Å²) in [5.41, 5.74) is 6.62. The first-order chi connectivity index (χ1) is 23.8. The van der Waals surface area contributed by atoms with E-state index in [4.69, 9.17) is 4.74 Å². The molecule has 2 saturated heterocycles. The standard InChI is InChI=1S/C40H42F2N4O3/c1-25-3-2-4-27(17-25)34-24-49-37-21-31(47)6-8-33(37)38(34)28-19-35(41)39(36(42)20-28)46-11-9-26(10-12-46)23-44-13-15-45(16-14-44)30-5-7-32-29(18-30)22-43-40(32)48/h2-8,17-21,26,34,38,47H,9-16,22-24H2,1H3,(H,43,48)/t34-,38-/m1/s1. The quantitative estimate of drug-likeness (QED) is 0.243. The second-order valence-electron chi connectivity index (χ2n) is 14.1. The van der Waals surface area contributed by atoms with Crippen molar-refractivity contribution in [2.75, 3.05) is 62.2 Å². The van der Waals surface area contributed by atoms with Crippen LogP contribution in [0.4, 0.5) is 20.2 Å². The van der Waals surface area contributed by atoms with Crippen LogP contribution in [-0.4, -0.2) is 68.3 Å². The smallest absolute Gasteiger partial charge is 0.251 e. The number of piperidine rings is 1. The zero-order valence-corrected chi connectivity index (χ0v) is 27.8. The number of phenols is 1. The van der Waals surface area contributed by atoms with Gasteiger partial charge in [0.05, 0.1) is 6.61 Å². The molecule has 4 aliphatic heterocycles. The topological polar surface area (TPSA) is 68.3 Å². The number of fused-ring (bicyclic) bond motifs is 2. The molecule has 0 aromatic heterocycles. The van der Waals surface area contributed by atoms with Gasteiger partial charge in [-0.25, -0.2) is 8.78 Å². The van der Waals surface area contributed by atoms with E-state index in [-0.39, 0.29) is 29.2 Å². The lowest BCUT2D eigenvalue weighted by Crippen LogP contribution is -2.49. The second-order valence-corrected chi connectivity index (χ2v) is 14.1. The molecule has 4 heterocycles. The van der Waals surface area contributed by atoms with Gasteiger partial charge in [-0.1, -0.05) is 35.9 Å². The molecule has 9 heteroatoms. The molecule has 2 fully saturated rings. The van der Waals surface area contributed by atoms with E-state index in [1.54, 1.807) is 18.2 Å². The molecule has 8 rings (SSSR count). The van der Waals surface area contributed by atoms with Gasteiger partial charge in [-0.2, -0.15) is 0 Å². The third kappa shape index (κ3) is 6.21. The predicted octanol–water partition coefficient (Wildman–Crippen LogP) is 6.57. The van der Waals surface area contributed by atoms with Crippen LogP contribution >= 0.6 is 0 Å². The average molecular weight is 665 g/mol. The van der Waals surface area contributed by atoms with Crippen molar-refractivity contribution < 1.29 is 23.4 Å². The first-order valence-electron chi connectivity index (χ1n) is 17.5. The lowest BCUT2D eigenvalue weighted by atomic mass is 9.75. The van der Waals surface area contributed by atoms with E-state index >= 15 is 8.78 Å². The van der Waals surface area contributed by atoms with Gasteiger partial charge in [0.1, 0.15) is 28.8 Å². The van der Waals surface area contributed by atoms with Gasteiger partial charge in [0.15, 0.2) is 0 Å². The van der Waals surface area contributed by atoms with Gasteiger partial charge in [-0.05, 0) is 78.8 Å². The van der Waals surface area contributed by atoms with Crippen molar-refractivity contribution in [2.45, 2.75) is 38.1 Å². The summed E-state index contributed by atoms with van der Waals surface area (Å²) in [4.78, 5) is 18.7. The first kappa shape index (κ1) is 31.6. The Morgan fingerprint density at radius 3 is 2.39 bits per heavy atom. The summed E-state index contributed by atoms with van der Waals surface area (Å²) in [6.45, 7) is 9.01. The third-order valence-electron chi connectivity index (χ3n) is 11.0. The molecule has 254 valence electrons. The van der Waals surface area contributed by atoms with Crippen LogP contribution < -0.4 is 19.9 Å². The summed E-state index contributed by atoms with van der Waals surface area (Å²) in [7, 11) is 0. The number of amides is 1. The molecule has 4 aliphatic rings. The summed E-state index contributed by atoms with van der Waals surface area (Å²) in [5, 5.41) is 13.0. The molecule has 0 unspecified atom stereocenters. The van der Waals surface area contributed by atoms with Crippen molar-refractivity contribution in [3.05, 3.63) is 118 Å². The molecule has 1 amide bonds. The van der Waals surface area contributed by atoms with Crippen molar-refractivity contribution in [3.63, 3.8) is 0 Å². The Kier molecular flexibility index (Phi) is 8.39. The van der Waals surface area contributed by atoms with Gasteiger partial charge in [0.2, 0.25) is 0 Å². The molecular formula is C40H42F2N4O3. The Morgan fingerprint density at radius 2 is 1.63 bits per heavy atom. The highest BCUT2D eigenvalue weighted by atomic mass is 19.1. The van der Waals surface area contributed by atoms with Crippen molar-refractivity contribution in [1.82, 2.24) is 10.2 Å². The summed E-state index contributed by atoms with van der Waals surface area (Å²) in [5.74, 6) is -0.420. The number of hydrogen-bond acceptors (Lipinski definition) is 6. The molecule has 0 spiro atoms. The van der Waals surface area contributed by atoms with E-state index in [0.717, 1.165) is 73.4 Å². The maximum atomic E-state index is 16.0. The molecule has 7 nitrogen and oxygen atoms in total. The van der Waals surface area contributed by atoms with Crippen LogP contribution in [0.1, 0.15) is 62.9 Å². The van der Waals surface area contributed by atoms with Crippen LogP contribution in [0.5, 0.6) is 11.5 Å². The highest BCUT2D eigenvalue weighted by molar-refractivity contribution is 5.98. The highest BCUT2D eigenvalue weighted by Gasteiger charge is 2.36.